The molecule has 0 saturated heterocycles. The fraction of sp³-hybridized carbons (Fsp3) is 0.600. The number of hydrogen-bond acceptors (Lipinski definition) is 3. The molecule has 1 aromatic rings. The van der Waals surface area contributed by atoms with Crippen LogP contribution in [0.5, 0.6) is 5.75 Å². The number of rotatable bonds is 11. The highest BCUT2D eigenvalue weighted by Gasteiger charge is 2.23. The summed E-state index contributed by atoms with van der Waals surface area (Å²) in [5, 5.41) is 0. The molecule has 0 bridgehead atoms. The van der Waals surface area contributed by atoms with E-state index in [2.05, 4.69) is 31.9 Å². The zero-order valence-corrected chi connectivity index (χ0v) is 16.4. The second-order valence-electron chi connectivity index (χ2n) is 5.21. The van der Waals surface area contributed by atoms with E-state index in [-0.39, 0.29) is 5.75 Å². The lowest BCUT2D eigenvalue weighted by molar-refractivity contribution is 0.253. The third-order valence-electron chi connectivity index (χ3n) is 3.13. The van der Waals surface area contributed by atoms with Crippen molar-refractivity contribution in [2.24, 2.45) is 0 Å². The molecule has 126 valence electrons. The van der Waals surface area contributed by atoms with Crippen molar-refractivity contribution in [2.45, 2.75) is 48.4 Å². The number of hydrogen-bond donors (Lipinski definition) is 1. The van der Waals surface area contributed by atoms with Crippen molar-refractivity contribution in [3.63, 3.8) is 0 Å². The van der Waals surface area contributed by atoms with Crippen LogP contribution >= 0.6 is 31.9 Å². The Hall–Kier alpha value is -0.110. The molecule has 7 heteroatoms. The first-order valence-corrected chi connectivity index (χ1v) is 10.6. The maximum atomic E-state index is 10.6. The molecule has 1 N–H and O–H groups in total. The van der Waals surface area contributed by atoms with Gasteiger partial charge in [-0.05, 0) is 56.8 Å². The zero-order chi connectivity index (χ0) is 16.5. The van der Waals surface area contributed by atoms with Crippen LogP contribution < -0.4 is 4.74 Å². The molecule has 1 aromatic carbocycles. The summed E-state index contributed by atoms with van der Waals surface area (Å²) in [5.41, 5.74) is 0. The highest BCUT2D eigenvalue weighted by molar-refractivity contribution is 9.25. The molecule has 4 nitrogen and oxygen atoms in total. The summed E-state index contributed by atoms with van der Waals surface area (Å²) in [6.07, 6.45) is 6.27. The second kappa shape index (κ2) is 9.90. The van der Waals surface area contributed by atoms with Crippen LogP contribution in [0.2, 0.25) is 0 Å². The Morgan fingerprint density at radius 1 is 0.955 bits per heavy atom. The van der Waals surface area contributed by atoms with Crippen molar-refractivity contribution in [3.05, 3.63) is 30.3 Å². The summed E-state index contributed by atoms with van der Waals surface area (Å²) in [4.78, 5) is 0. The SMILES string of the molecule is O=S(=O)(O)CCCCCCCCC(Br)(Br)Oc1ccccc1. The molecule has 0 spiro atoms. The van der Waals surface area contributed by atoms with Crippen LogP contribution in [0.15, 0.2) is 30.3 Å². The number of para-hydroxylation sites is 1. The number of halogens is 2. The molecule has 0 aliphatic rings. The van der Waals surface area contributed by atoms with Gasteiger partial charge >= 0.3 is 0 Å². The second-order valence-corrected chi connectivity index (χ2v) is 10.4. The molecule has 0 unspecified atom stereocenters. The number of ether oxygens (including phenoxy) is 1. The minimum absolute atomic E-state index is 0.135. The van der Waals surface area contributed by atoms with Gasteiger partial charge in [-0.25, -0.2) is 0 Å². The van der Waals surface area contributed by atoms with Crippen molar-refractivity contribution < 1.29 is 17.7 Å². The molecule has 0 saturated carbocycles. The van der Waals surface area contributed by atoms with E-state index >= 15 is 0 Å². The quantitative estimate of drug-likeness (QED) is 0.284. The molecule has 0 atom stereocenters. The Bertz CT molecular complexity index is 518. The van der Waals surface area contributed by atoms with Crippen LogP contribution in [-0.4, -0.2) is 22.1 Å². The summed E-state index contributed by atoms with van der Waals surface area (Å²) in [6.45, 7) is 0. The molecule has 0 radical (unpaired) electrons. The first-order chi connectivity index (χ1) is 10.3. The number of alkyl halides is 2. The fourth-order valence-corrected chi connectivity index (χ4v) is 3.54. The minimum Gasteiger partial charge on any atom is -0.466 e. The van der Waals surface area contributed by atoms with Crippen LogP contribution in [0, 0.1) is 0 Å². The van der Waals surface area contributed by atoms with Crippen molar-refractivity contribution in [1.29, 1.82) is 0 Å². The summed E-state index contributed by atoms with van der Waals surface area (Å²) in [7, 11) is -3.80. The molecule has 0 aliphatic carbocycles. The van der Waals surface area contributed by atoms with Gasteiger partial charge in [0, 0.05) is 6.42 Å². The standard InChI is InChI=1S/C15H22Br2O4S/c16-15(17,21-14-10-6-5-7-11-14)12-8-3-1-2-4-9-13-22(18,19)20/h5-7,10-11H,1-4,8-9,12-13H2,(H,18,19,20). The predicted molar refractivity (Wildman–Crippen MR) is 96.4 cm³/mol. The van der Waals surface area contributed by atoms with Crippen LogP contribution in [0.25, 0.3) is 0 Å². The van der Waals surface area contributed by atoms with Gasteiger partial charge < -0.3 is 4.74 Å². The van der Waals surface area contributed by atoms with Gasteiger partial charge in [0.2, 0.25) is 3.42 Å². The molecule has 0 fully saturated rings. The van der Waals surface area contributed by atoms with Gasteiger partial charge in [0.1, 0.15) is 5.75 Å². The highest BCUT2D eigenvalue weighted by Crippen LogP contribution is 2.35. The van der Waals surface area contributed by atoms with E-state index in [1.165, 1.54) is 0 Å². The Kier molecular flexibility index (Phi) is 8.97. The molecular formula is C15H22Br2O4S. The Morgan fingerprint density at radius 2 is 1.50 bits per heavy atom. The number of unbranched alkanes of at least 4 members (excludes halogenated alkanes) is 5. The lowest BCUT2D eigenvalue weighted by atomic mass is 10.1. The topological polar surface area (TPSA) is 63.6 Å². The molecule has 22 heavy (non-hydrogen) atoms. The smallest absolute Gasteiger partial charge is 0.264 e. The van der Waals surface area contributed by atoms with Crippen LogP contribution in [0.3, 0.4) is 0 Å². The van der Waals surface area contributed by atoms with Gasteiger partial charge in [-0.15, -0.1) is 0 Å². The molecule has 0 aliphatic heterocycles. The predicted octanol–water partition coefficient (Wildman–Crippen LogP) is 5.13. The molecule has 1 rings (SSSR count). The Balaban J connectivity index is 2.08. The minimum atomic E-state index is -3.80. The molecule has 0 aromatic heterocycles. The van der Waals surface area contributed by atoms with E-state index in [1.54, 1.807) is 0 Å². The van der Waals surface area contributed by atoms with Crippen LogP contribution in [0.4, 0.5) is 0 Å². The summed E-state index contributed by atoms with van der Waals surface area (Å²) in [6, 6.07) is 9.62. The molecular weight excluding hydrogens is 436 g/mol. The van der Waals surface area contributed by atoms with Crippen molar-refractivity contribution in [1.82, 2.24) is 0 Å². The van der Waals surface area contributed by atoms with Gasteiger partial charge in [0.15, 0.2) is 0 Å². The van der Waals surface area contributed by atoms with E-state index in [9.17, 15) is 8.42 Å². The maximum Gasteiger partial charge on any atom is 0.264 e. The van der Waals surface area contributed by atoms with Crippen LogP contribution in [-0.2, 0) is 10.1 Å². The monoisotopic (exact) mass is 456 g/mol. The van der Waals surface area contributed by atoms with E-state index in [0.717, 1.165) is 44.3 Å². The van der Waals surface area contributed by atoms with Crippen molar-refractivity contribution >= 4 is 42.0 Å². The number of benzene rings is 1. The van der Waals surface area contributed by atoms with Gasteiger partial charge in [-0.1, -0.05) is 43.9 Å². The van der Waals surface area contributed by atoms with Gasteiger partial charge in [0.05, 0.1) is 5.75 Å². The molecule has 0 heterocycles. The Labute approximate surface area is 149 Å². The van der Waals surface area contributed by atoms with Crippen LogP contribution in [0.1, 0.15) is 44.9 Å². The summed E-state index contributed by atoms with van der Waals surface area (Å²) in [5.74, 6) is 0.672. The molecule has 0 amide bonds. The summed E-state index contributed by atoms with van der Waals surface area (Å²) >= 11 is 7.07. The van der Waals surface area contributed by atoms with Crippen molar-refractivity contribution in [2.75, 3.05) is 5.75 Å². The van der Waals surface area contributed by atoms with Gasteiger partial charge in [0.25, 0.3) is 10.1 Å². The van der Waals surface area contributed by atoms with E-state index < -0.39 is 13.5 Å². The lowest BCUT2D eigenvalue weighted by Gasteiger charge is -2.22. The van der Waals surface area contributed by atoms with Crippen molar-refractivity contribution in [3.8, 4) is 5.75 Å². The fourth-order valence-electron chi connectivity index (χ4n) is 2.03. The first kappa shape index (κ1) is 19.9. The highest BCUT2D eigenvalue weighted by atomic mass is 79.9. The zero-order valence-electron chi connectivity index (χ0n) is 12.4. The summed E-state index contributed by atoms with van der Waals surface area (Å²) < 4.78 is 35.0. The van der Waals surface area contributed by atoms with E-state index in [1.807, 2.05) is 30.3 Å². The van der Waals surface area contributed by atoms with E-state index in [0.29, 0.717) is 6.42 Å². The van der Waals surface area contributed by atoms with Gasteiger partial charge in [-0.2, -0.15) is 8.42 Å². The normalized spacial score (nSPS) is 12.3. The first-order valence-electron chi connectivity index (χ1n) is 7.36. The van der Waals surface area contributed by atoms with E-state index in [4.69, 9.17) is 9.29 Å². The Morgan fingerprint density at radius 3 is 2.09 bits per heavy atom. The van der Waals surface area contributed by atoms with Gasteiger partial charge in [-0.3, -0.25) is 4.55 Å². The lowest BCUT2D eigenvalue weighted by Crippen LogP contribution is -2.20. The average molecular weight is 458 g/mol. The third kappa shape index (κ3) is 10.6. The largest absolute Gasteiger partial charge is 0.466 e. The third-order valence-corrected chi connectivity index (χ3v) is 5.05. The average Bonchev–Trinajstić information content (AvgIpc) is 2.41. The maximum absolute atomic E-state index is 10.6.